The lowest BCUT2D eigenvalue weighted by Gasteiger charge is -2.15. The number of aromatic nitrogens is 1. The van der Waals surface area contributed by atoms with E-state index in [1.165, 1.54) is 18.2 Å². The van der Waals surface area contributed by atoms with Crippen LogP contribution in [0.25, 0.3) is 0 Å². The van der Waals surface area contributed by atoms with Crippen LogP contribution in [0.2, 0.25) is 0 Å². The molecule has 2 rings (SSSR count). The smallest absolute Gasteiger partial charge is 0.271 e. The zero-order chi connectivity index (χ0) is 15.4. The Morgan fingerprint density at radius 1 is 1.29 bits per heavy atom. The molecule has 1 aromatic heterocycles. The van der Waals surface area contributed by atoms with Gasteiger partial charge >= 0.3 is 0 Å². The van der Waals surface area contributed by atoms with Crippen LogP contribution in [0.1, 0.15) is 10.4 Å². The lowest BCUT2D eigenvalue weighted by molar-refractivity contribution is -0.384. The minimum absolute atomic E-state index is 0.0770. The molecule has 0 fully saturated rings. The highest BCUT2D eigenvalue weighted by atomic mass is 16.6. The van der Waals surface area contributed by atoms with Crippen molar-refractivity contribution >= 4 is 23.1 Å². The van der Waals surface area contributed by atoms with Crippen molar-refractivity contribution in [1.82, 2.24) is 4.98 Å². The average Bonchev–Trinajstić information content (AvgIpc) is 2.47. The van der Waals surface area contributed by atoms with E-state index < -0.39 is 4.92 Å². The molecule has 0 unspecified atom stereocenters. The van der Waals surface area contributed by atoms with Gasteiger partial charge < -0.3 is 10.2 Å². The van der Waals surface area contributed by atoms with Crippen LogP contribution in [0.3, 0.4) is 0 Å². The topological polar surface area (TPSA) is 88.4 Å². The number of non-ortho nitro benzene ring substituents is 1. The summed E-state index contributed by atoms with van der Waals surface area (Å²) < 4.78 is 0. The maximum atomic E-state index is 12.3. The van der Waals surface area contributed by atoms with E-state index in [1.54, 1.807) is 43.4 Å². The number of pyridine rings is 1. The fourth-order valence-electron chi connectivity index (χ4n) is 1.83. The molecular formula is C14H14N4O3. The number of nitro groups is 1. The standard InChI is InChI=1S/C14H14N4O3/c1-17(2)13-12(7-4-8-15-13)14(19)16-10-5-3-6-11(9-10)18(20)21/h3-9H,1-2H3,(H,16,19). The third kappa shape index (κ3) is 3.33. The highest BCUT2D eigenvalue weighted by Crippen LogP contribution is 2.20. The van der Waals surface area contributed by atoms with Crippen molar-refractivity contribution in [2.45, 2.75) is 0 Å². The molecule has 0 saturated heterocycles. The third-order valence-corrected chi connectivity index (χ3v) is 2.77. The van der Waals surface area contributed by atoms with Crippen molar-refractivity contribution in [3.05, 3.63) is 58.3 Å². The Morgan fingerprint density at radius 3 is 2.71 bits per heavy atom. The van der Waals surface area contributed by atoms with E-state index in [9.17, 15) is 14.9 Å². The molecule has 2 aromatic rings. The summed E-state index contributed by atoms with van der Waals surface area (Å²) in [5.41, 5.74) is 0.684. The molecule has 108 valence electrons. The number of nitrogens with one attached hydrogen (secondary N) is 1. The molecule has 0 atom stereocenters. The number of benzene rings is 1. The first kappa shape index (κ1) is 14.4. The number of nitrogens with zero attached hydrogens (tertiary/aromatic N) is 3. The zero-order valence-corrected chi connectivity index (χ0v) is 11.6. The van der Waals surface area contributed by atoms with Gasteiger partial charge in [0.15, 0.2) is 0 Å². The molecule has 7 nitrogen and oxygen atoms in total. The van der Waals surface area contributed by atoms with Crippen molar-refractivity contribution in [2.75, 3.05) is 24.3 Å². The van der Waals surface area contributed by atoms with E-state index in [4.69, 9.17) is 0 Å². The molecule has 0 aliphatic rings. The Morgan fingerprint density at radius 2 is 2.05 bits per heavy atom. The van der Waals surface area contributed by atoms with Gasteiger partial charge in [0.25, 0.3) is 11.6 Å². The highest BCUT2D eigenvalue weighted by molar-refractivity contribution is 6.07. The number of anilines is 2. The molecule has 0 radical (unpaired) electrons. The van der Waals surface area contributed by atoms with Crippen LogP contribution in [-0.2, 0) is 0 Å². The number of carbonyl (C=O) groups excluding carboxylic acids is 1. The van der Waals surface area contributed by atoms with Gasteiger partial charge in [-0.3, -0.25) is 14.9 Å². The molecule has 0 aliphatic heterocycles. The van der Waals surface area contributed by atoms with Gasteiger partial charge in [0.05, 0.1) is 10.5 Å². The van der Waals surface area contributed by atoms with Gasteiger partial charge in [0.2, 0.25) is 0 Å². The first-order chi connectivity index (χ1) is 9.99. The fourth-order valence-corrected chi connectivity index (χ4v) is 1.83. The predicted molar refractivity (Wildman–Crippen MR) is 79.6 cm³/mol. The maximum absolute atomic E-state index is 12.3. The molecule has 0 saturated carbocycles. The summed E-state index contributed by atoms with van der Waals surface area (Å²) in [4.78, 5) is 28.4. The molecule has 0 aliphatic carbocycles. The van der Waals surface area contributed by atoms with Crippen LogP contribution in [0.4, 0.5) is 17.2 Å². The Balaban J connectivity index is 2.26. The Bertz CT molecular complexity index is 685. The van der Waals surface area contributed by atoms with Crippen LogP contribution >= 0.6 is 0 Å². The number of hydrogen-bond donors (Lipinski definition) is 1. The average molecular weight is 286 g/mol. The van der Waals surface area contributed by atoms with Crippen LogP contribution in [-0.4, -0.2) is 29.9 Å². The number of hydrogen-bond acceptors (Lipinski definition) is 5. The Labute approximate surface area is 121 Å². The van der Waals surface area contributed by atoms with E-state index >= 15 is 0 Å². The van der Waals surface area contributed by atoms with Gasteiger partial charge in [-0.15, -0.1) is 0 Å². The van der Waals surface area contributed by atoms with Crippen LogP contribution in [0.5, 0.6) is 0 Å². The van der Waals surface area contributed by atoms with Gasteiger partial charge in [-0.2, -0.15) is 0 Å². The second kappa shape index (κ2) is 6.00. The van der Waals surface area contributed by atoms with E-state index in [2.05, 4.69) is 10.3 Å². The fraction of sp³-hybridized carbons (Fsp3) is 0.143. The minimum atomic E-state index is -0.509. The normalized spacial score (nSPS) is 10.0. The first-order valence-electron chi connectivity index (χ1n) is 6.17. The molecule has 1 aromatic carbocycles. The van der Waals surface area contributed by atoms with E-state index in [0.29, 0.717) is 17.1 Å². The highest BCUT2D eigenvalue weighted by Gasteiger charge is 2.15. The summed E-state index contributed by atoms with van der Waals surface area (Å²) in [5.74, 6) is 0.160. The van der Waals surface area contributed by atoms with Gasteiger partial charge in [-0.1, -0.05) is 6.07 Å². The number of nitro benzene ring substituents is 1. The third-order valence-electron chi connectivity index (χ3n) is 2.77. The van der Waals surface area contributed by atoms with E-state index in [0.717, 1.165) is 0 Å². The molecule has 0 spiro atoms. The number of carbonyl (C=O) groups is 1. The van der Waals surface area contributed by atoms with Gasteiger partial charge in [0, 0.05) is 38.1 Å². The lowest BCUT2D eigenvalue weighted by atomic mass is 10.2. The second-order valence-corrected chi connectivity index (χ2v) is 4.53. The van der Waals surface area contributed by atoms with Crippen molar-refractivity contribution in [1.29, 1.82) is 0 Å². The number of amides is 1. The summed E-state index contributed by atoms with van der Waals surface area (Å²) in [7, 11) is 3.57. The molecule has 1 amide bonds. The van der Waals surface area contributed by atoms with Crippen molar-refractivity contribution < 1.29 is 9.72 Å². The van der Waals surface area contributed by atoms with Crippen LogP contribution in [0.15, 0.2) is 42.6 Å². The summed E-state index contributed by atoms with van der Waals surface area (Å²) >= 11 is 0. The SMILES string of the molecule is CN(C)c1ncccc1C(=O)Nc1cccc([N+](=O)[O-])c1. The van der Waals surface area contributed by atoms with Crippen molar-refractivity contribution in [3.8, 4) is 0 Å². The number of rotatable bonds is 4. The Hall–Kier alpha value is -2.96. The van der Waals surface area contributed by atoms with Gasteiger partial charge in [0.1, 0.15) is 5.82 Å². The zero-order valence-electron chi connectivity index (χ0n) is 11.6. The first-order valence-corrected chi connectivity index (χ1v) is 6.17. The van der Waals surface area contributed by atoms with Gasteiger partial charge in [-0.05, 0) is 18.2 Å². The Kier molecular flexibility index (Phi) is 4.13. The molecule has 1 N–H and O–H groups in total. The van der Waals surface area contributed by atoms with E-state index in [-0.39, 0.29) is 11.6 Å². The second-order valence-electron chi connectivity index (χ2n) is 4.53. The maximum Gasteiger partial charge on any atom is 0.271 e. The molecule has 7 heteroatoms. The van der Waals surface area contributed by atoms with Crippen LogP contribution in [0, 0.1) is 10.1 Å². The lowest BCUT2D eigenvalue weighted by Crippen LogP contribution is -2.19. The monoisotopic (exact) mass is 286 g/mol. The molecule has 1 heterocycles. The molecule has 0 bridgehead atoms. The van der Waals surface area contributed by atoms with Crippen molar-refractivity contribution in [2.24, 2.45) is 0 Å². The minimum Gasteiger partial charge on any atom is -0.362 e. The van der Waals surface area contributed by atoms with E-state index in [1.807, 2.05) is 0 Å². The quantitative estimate of drug-likeness (QED) is 0.688. The summed E-state index contributed by atoms with van der Waals surface area (Å²) in [5, 5.41) is 13.4. The molecular weight excluding hydrogens is 272 g/mol. The molecule has 21 heavy (non-hydrogen) atoms. The summed E-state index contributed by atoms with van der Waals surface area (Å²) in [6.45, 7) is 0. The predicted octanol–water partition coefficient (Wildman–Crippen LogP) is 2.31. The van der Waals surface area contributed by atoms with Crippen molar-refractivity contribution in [3.63, 3.8) is 0 Å². The summed E-state index contributed by atoms with van der Waals surface area (Å²) in [6, 6.07) is 9.10. The van der Waals surface area contributed by atoms with Gasteiger partial charge in [-0.25, -0.2) is 4.98 Å². The van der Waals surface area contributed by atoms with Crippen LogP contribution < -0.4 is 10.2 Å². The summed E-state index contributed by atoms with van der Waals surface area (Å²) in [6.07, 6.45) is 1.60. The largest absolute Gasteiger partial charge is 0.362 e.